The summed E-state index contributed by atoms with van der Waals surface area (Å²) in [6, 6.07) is 54.7. The molecule has 8 aromatic carbocycles. The smallest absolute Gasteiger partial charge is 0.0541 e. The van der Waals surface area contributed by atoms with Crippen LogP contribution in [0.15, 0.2) is 146 Å². The number of para-hydroxylation sites is 4. The lowest BCUT2D eigenvalue weighted by Gasteiger charge is -2.39. The Balaban J connectivity index is 1.33. The van der Waals surface area contributed by atoms with Crippen molar-refractivity contribution >= 4 is 75.9 Å². The van der Waals surface area contributed by atoms with Crippen LogP contribution in [0.3, 0.4) is 0 Å². The van der Waals surface area contributed by atoms with Crippen LogP contribution in [0.25, 0.3) is 87.3 Å². The standard InChI is InChI=1S/C47H34N2/c1-3-47(4-2)36-25-27-42(48-38-17-9-5-13-30(38)31-14-6-10-18-39(31)48)34-23-21-29-22-24-35-43(28-26-37(47)46(35)44(29)45(34)36)49-40-19-11-7-15-32(40)33-16-8-12-20-41(33)49/h5-28H,3-4H2,1-2H3. The molecule has 1 aliphatic carbocycles. The average molecular weight is 627 g/mol. The monoisotopic (exact) mass is 626 g/mol. The summed E-state index contributed by atoms with van der Waals surface area (Å²) in [6.07, 6.45) is 2.09. The van der Waals surface area contributed by atoms with Crippen LogP contribution in [0, 0.1) is 0 Å². The van der Waals surface area contributed by atoms with E-state index < -0.39 is 0 Å². The number of fused-ring (bicyclic) bond motifs is 6. The lowest BCUT2D eigenvalue weighted by atomic mass is 9.64. The molecule has 0 N–H and O–H groups in total. The van der Waals surface area contributed by atoms with Crippen LogP contribution in [0.5, 0.6) is 0 Å². The highest BCUT2D eigenvalue weighted by atomic mass is 15.0. The van der Waals surface area contributed by atoms with Gasteiger partial charge in [0.05, 0.1) is 33.4 Å². The zero-order chi connectivity index (χ0) is 32.4. The topological polar surface area (TPSA) is 9.86 Å². The van der Waals surface area contributed by atoms with Crippen molar-refractivity contribution in [3.63, 3.8) is 0 Å². The van der Waals surface area contributed by atoms with E-state index in [1.807, 2.05) is 0 Å². The van der Waals surface area contributed by atoms with Crippen molar-refractivity contribution in [1.29, 1.82) is 0 Å². The first-order valence-electron chi connectivity index (χ1n) is 17.7. The van der Waals surface area contributed by atoms with Gasteiger partial charge in [-0.05, 0) is 81.9 Å². The van der Waals surface area contributed by atoms with E-state index in [0.29, 0.717) is 0 Å². The zero-order valence-electron chi connectivity index (χ0n) is 27.7. The van der Waals surface area contributed by atoms with Crippen molar-refractivity contribution in [2.75, 3.05) is 0 Å². The maximum atomic E-state index is 2.50. The highest BCUT2D eigenvalue weighted by Gasteiger charge is 2.38. The lowest BCUT2D eigenvalue weighted by Crippen LogP contribution is -2.29. The molecule has 11 rings (SSSR count). The Morgan fingerprint density at radius 1 is 0.367 bits per heavy atom. The van der Waals surface area contributed by atoms with E-state index in [-0.39, 0.29) is 5.41 Å². The van der Waals surface area contributed by atoms with Gasteiger partial charge in [-0.2, -0.15) is 0 Å². The van der Waals surface area contributed by atoms with Gasteiger partial charge in [0.15, 0.2) is 0 Å². The molecule has 0 amide bonds. The first-order valence-corrected chi connectivity index (χ1v) is 17.7. The molecule has 0 aliphatic heterocycles. The number of hydrogen-bond donors (Lipinski definition) is 0. The first kappa shape index (κ1) is 27.1. The average Bonchev–Trinajstić information content (AvgIpc) is 3.68. The molecule has 10 aromatic rings. The third kappa shape index (κ3) is 3.27. The molecule has 0 radical (unpaired) electrons. The van der Waals surface area contributed by atoms with E-state index in [0.717, 1.165) is 12.8 Å². The molecule has 2 heterocycles. The van der Waals surface area contributed by atoms with Gasteiger partial charge in [-0.25, -0.2) is 0 Å². The molecule has 0 spiro atoms. The molecule has 0 fully saturated rings. The van der Waals surface area contributed by atoms with E-state index in [1.54, 1.807) is 0 Å². The molecule has 0 saturated carbocycles. The summed E-state index contributed by atoms with van der Waals surface area (Å²) in [5.41, 5.74) is 10.3. The summed E-state index contributed by atoms with van der Waals surface area (Å²) < 4.78 is 5.00. The second-order valence-electron chi connectivity index (χ2n) is 13.9. The Kier molecular flexibility index (Phi) is 5.32. The van der Waals surface area contributed by atoms with Gasteiger partial charge in [-0.15, -0.1) is 0 Å². The number of benzene rings is 8. The van der Waals surface area contributed by atoms with Gasteiger partial charge in [0.2, 0.25) is 0 Å². The predicted octanol–water partition coefficient (Wildman–Crippen LogP) is 12.8. The van der Waals surface area contributed by atoms with Crippen LogP contribution in [-0.2, 0) is 5.41 Å². The largest absolute Gasteiger partial charge is 0.309 e. The Labute approximate surface area is 284 Å². The van der Waals surface area contributed by atoms with Gasteiger partial charge < -0.3 is 9.13 Å². The van der Waals surface area contributed by atoms with E-state index in [4.69, 9.17) is 0 Å². The van der Waals surface area contributed by atoms with Gasteiger partial charge in [0.25, 0.3) is 0 Å². The molecular weight excluding hydrogens is 593 g/mol. The molecule has 2 nitrogen and oxygen atoms in total. The summed E-state index contributed by atoms with van der Waals surface area (Å²) >= 11 is 0. The minimum absolute atomic E-state index is 0.0855. The number of aromatic nitrogens is 2. The summed E-state index contributed by atoms with van der Waals surface area (Å²) in [5, 5.41) is 13.4. The van der Waals surface area contributed by atoms with Crippen LogP contribution in [-0.4, -0.2) is 9.13 Å². The number of nitrogens with zero attached hydrogens (tertiary/aromatic N) is 2. The molecule has 1 aliphatic rings. The third-order valence-corrected chi connectivity index (χ3v) is 12.0. The maximum Gasteiger partial charge on any atom is 0.0541 e. The summed E-state index contributed by atoms with van der Waals surface area (Å²) in [6.45, 7) is 4.77. The summed E-state index contributed by atoms with van der Waals surface area (Å²) in [4.78, 5) is 0. The van der Waals surface area contributed by atoms with Crippen LogP contribution in [0.4, 0.5) is 0 Å². The molecule has 0 saturated heterocycles. The number of hydrogen-bond acceptors (Lipinski definition) is 0. The Morgan fingerprint density at radius 3 is 1.10 bits per heavy atom. The fourth-order valence-corrected chi connectivity index (χ4v) is 9.78. The summed E-state index contributed by atoms with van der Waals surface area (Å²) in [7, 11) is 0. The maximum absolute atomic E-state index is 2.50. The van der Waals surface area contributed by atoms with Crippen LogP contribution < -0.4 is 0 Å². The minimum atomic E-state index is -0.0855. The SMILES string of the molecule is CCC1(CC)c2ccc(-n3c4ccccc4c4ccccc43)c3ccc4ccc5c(-n6c7ccccc7c7ccccc76)ccc1c5c4c23. The molecular formula is C47H34N2. The van der Waals surface area contributed by atoms with Crippen molar-refractivity contribution in [3.05, 3.63) is 157 Å². The van der Waals surface area contributed by atoms with Gasteiger partial charge in [-0.3, -0.25) is 0 Å². The van der Waals surface area contributed by atoms with E-state index in [2.05, 4.69) is 169 Å². The normalized spacial score (nSPS) is 13.8. The quantitative estimate of drug-likeness (QED) is 0.172. The lowest BCUT2D eigenvalue weighted by molar-refractivity contribution is 0.485. The molecule has 0 bridgehead atoms. The van der Waals surface area contributed by atoms with Gasteiger partial charge in [0, 0.05) is 37.7 Å². The van der Waals surface area contributed by atoms with Crippen molar-refractivity contribution < 1.29 is 0 Å². The zero-order valence-corrected chi connectivity index (χ0v) is 27.7. The van der Waals surface area contributed by atoms with Crippen molar-refractivity contribution in [1.82, 2.24) is 9.13 Å². The van der Waals surface area contributed by atoms with Gasteiger partial charge in [0.1, 0.15) is 0 Å². The van der Waals surface area contributed by atoms with Gasteiger partial charge >= 0.3 is 0 Å². The Morgan fingerprint density at radius 2 is 0.735 bits per heavy atom. The second kappa shape index (κ2) is 9.61. The van der Waals surface area contributed by atoms with E-state index >= 15 is 0 Å². The third-order valence-electron chi connectivity index (χ3n) is 12.0. The second-order valence-corrected chi connectivity index (χ2v) is 13.9. The van der Waals surface area contributed by atoms with Crippen molar-refractivity contribution in [3.8, 4) is 11.4 Å². The molecule has 2 aromatic heterocycles. The number of rotatable bonds is 4. The molecule has 0 atom stereocenters. The highest BCUT2D eigenvalue weighted by Crippen LogP contribution is 2.54. The minimum Gasteiger partial charge on any atom is -0.309 e. The summed E-state index contributed by atoms with van der Waals surface area (Å²) in [5.74, 6) is 0. The van der Waals surface area contributed by atoms with Gasteiger partial charge in [-0.1, -0.05) is 123 Å². The fraction of sp³-hybridized carbons (Fsp3) is 0.106. The van der Waals surface area contributed by atoms with E-state index in [1.165, 1.54) is 98.4 Å². The van der Waals surface area contributed by atoms with Crippen molar-refractivity contribution in [2.45, 2.75) is 32.1 Å². The highest BCUT2D eigenvalue weighted by molar-refractivity contribution is 6.27. The Hall–Kier alpha value is -5.86. The van der Waals surface area contributed by atoms with Crippen LogP contribution in [0.1, 0.15) is 37.8 Å². The molecule has 49 heavy (non-hydrogen) atoms. The first-order chi connectivity index (χ1) is 24.2. The van der Waals surface area contributed by atoms with Crippen LogP contribution >= 0.6 is 0 Å². The van der Waals surface area contributed by atoms with E-state index in [9.17, 15) is 0 Å². The fourth-order valence-electron chi connectivity index (χ4n) is 9.78. The van der Waals surface area contributed by atoms with Crippen LogP contribution in [0.2, 0.25) is 0 Å². The Bertz CT molecular complexity index is 2720. The molecule has 232 valence electrons. The molecule has 0 unspecified atom stereocenters. The predicted molar refractivity (Wildman–Crippen MR) is 209 cm³/mol. The molecule has 2 heteroatoms. The van der Waals surface area contributed by atoms with Crippen molar-refractivity contribution in [2.24, 2.45) is 0 Å².